The molecular weight excluding hydrogens is 457 g/mol. The molecule has 2 heterocycles. The van der Waals surface area contributed by atoms with Crippen molar-refractivity contribution in [2.45, 2.75) is 18.0 Å². The number of hydrogen-bond acceptors (Lipinski definition) is 6. The largest absolute Gasteiger partial charge is 0.416 e. The van der Waals surface area contributed by atoms with Crippen molar-refractivity contribution >= 4 is 27.2 Å². The molecule has 0 saturated heterocycles. The predicted molar refractivity (Wildman–Crippen MR) is 116 cm³/mol. The van der Waals surface area contributed by atoms with E-state index in [2.05, 4.69) is 25.0 Å². The standard InChI is InChI=1S/C21H17F3N6O2S/c1-14-26-19(12-20(27-14)30-11-10-25-13-30)28-16-4-6-17(7-5-16)29-33(31,32)18-8-2-15(3-9-18)21(22,23)24/h2-13,29H,1H3,(H,26,27,28). The predicted octanol–water partition coefficient (Wildman–Crippen LogP) is 4.53. The lowest BCUT2D eigenvalue weighted by Gasteiger charge is -2.12. The molecule has 0 atom stereocenters. The van der Waals surface area contributed by atoms with Gasteiger partial charge in [0, 0.05) is 29.8 Å². The number of nitrogens with one attached hydrogen (secondary N) is 2. The van der Waals surface area contributed by atoms with Gasteiger partial charge in [0.05, 0.1) is 10.5 Å². The van der Waals surface area contributed by atoms with E-state index in [1.807, 2.05) is 0 Å². The number of hydrogen-bond donors (Lipinski definition) is 2. The van der Waals surface area contributed by atoms with Crippen LogP contribution in [0.3, 0.4) is 0 Å². The first-order valence-electron chi connectivity index (χ1n) is 9.51. The minimum Gasteiger partial charge on any atom is -0.340 e. The van der Waals surface area contributed by atoms with E-state index in [1.165, 1.54) is 12.1 Å². The number of sulfonamides is 1. The first-order chi connectivity index (χ1) is 15.6. The van der Waals surface area contributed by atoms with Crippen molar-refractivity contribution in [3.63, 3.8) is 0 Å². The lowest BCUT2D eigenvalue weighted by atomic mass is 10.2. The highest BCUT2D eigenvalue weighted by molar-refractivity contribution is 7.92. The number of benzene rings is 2. The molecule has 0 unspecified atom stereocenters. The van der Waals surface area contributed by atoms with Crippen molar-refractivity contribution in [3.05, 3.63) is 84.7 Å². The fourth-order valence-electron chi connectivity index (χ4n) is 2.95. The summed E-state index contributed by atoms with van der Waals surface area (Å²) < 4.78 is 67.1. The molecule has 0 fully saturated rings. The maximum absolute atomic E-state index is 12.7. The molecular formula is C21H17F3N6O2S. The third-order valence-corrected chi connectivity index (χ3v) is 5.89. The van der Waals surface area contributed by atoms with Crippen molar-refractivity contribution in [2.75, 3.05) is 10.0 Å². The van der Waals surface area contributed by atoms with E-state index in [9.17, 15) is 21.6 Å². The maximum Gasteiger partial charge on any atom is 0.416 e. The smallest absolute Gasteiger partial charge is 0.340 e. The molecule has 0 amide bonds. The Hall–Kier alpha value is -3.93. The molecule has 8 nitrogen and oxygen atoms in total. The Bertz CT molecular complexity index is 1350. The van der Waals surface area contributed by atoms with Crippen molar-refractivity contribution in [1.82, 2.24) is 19.5 Å². The molecule has 0 saturated carbocycles. The van der Waals surface area contributed by atoms with Crippen LogP contribution in [0.5, 0.6) is 0 Å². The van der Waals surface area contributed by atoms with Crippen LogP contribution in [0, 0.1) is 6.92 Å². The lowest BCUT2D eigenvalue weighted by Crippen LogP contribution is -2.13. The molecule has 0 aliphatic carbocycles. The average molecular weight is 474 g/mol. The Kier molecular flexibility index (Phi) is 5.77. The SMILES string of the molecule is Cc1nc(Nc2ccc(NS(=O)(=O)c3ccc(C(F)(F)F)cc3)cc2)cc(-n2ccnc2)n1. The van der Waals surface area contributed by atoms with Gasteiger partial charge in [-0.15, -0.1) is 0 Å². The van der Waals surface area contributed by atoms with E-state index < -0.39 is 21.8 Å². The summed E-state index contributed by atoms with van der Waals surface area (Å²) in [5.41, 5.74) is -0.0337. The molecule has 4 aromatic rings. The summed E-state index contributed by atoms with van der Waals surface area (Å²) in [5, 5.41) is 3.12. The summed E-state index contributed by atoms with van der Waals surface area (Å²) >= 11 is 0. The number of aromatic nitrogens is 4. The molecule has 4 rings (SSSR count). The van der Waals surface area contributed by atoms with E-state index in [1.54, 1.807) is 48.4 Å². The lowest BCUT2D eigenvalue weighted by molar-refractivity contribution is -0.137. The first kappa shape index (κ1) is 22.3. The zero-order valence-electron chi connectivity index (χ0n) is 17.1. The Labute approximate surface area is 187 Å². The monoisotopic (exact) mass is 474 g/mol. The highest BCUT2D eigenvalue weighted by Crippen LogP contribution is 2.30. The molecule has 0 bridgehead atoms. The molecule has 170 valence electrons. The maximum atomic E-state index is 12.7. The molecule has 0 aliphatic heterocycles. The van der Waals surface area contributed by atoms with Crippen LogP contribution < -0.4 is 10.0 Å². The van der Waals surface area contributed by atoms with Crippen LogP contribution >= 0.6 is 0 Å². The van der Waals surface area contributed by atoms with Crippen molar-refractivity contribution in [1.29, 1.82) is 0 Å². The van der Waals surface area contributed by atoms with Gasteiger partial charge in [0.25, 0.3) is 10.0 Å². The third kappa shape index (κ3) is 5.29. The number of aryl methyl sites for hydroxylation is 1. The first-order valence-corrected chi connectivity index (χ1v) is 11.0. The van der Waals surface area contributed by atoms with E-state index >= 15 is 0 Å². The van der Waals surface area contributed by atoms with Gasteiger partial charge < -0.3 is 5.32 Å². The highest BCUT2D eigenvalue weighted by atomic mass is 32.2. The van der Waals surface area contributed by atoms with Gasteiger partial charge in [-0.2, -0.15) is 13.2 Å². The average Bonchev–Trinajstić information content (AvgIpc) is 3.29. The summed E-state index contributed by atoms with van der Waals surface area (Å²) in [6, 6.07) is 11.3. The van der Waals surface area contributed by atoms with Crippen molar-refractivity contribution in [2.24, 2.45) is 0 Å². The molecule has 2 aromatic heterocycles. The molecule has 2 N–H and O–H groups in total. The number of nitrogens with zero attached hydrogens (tertiary/aromatic N) is 4. The van der Waals surface area contributed by atoms with Gasteiger partial charge in [-0.1, -0.05) is 0 Å². The Morgan fingerprint density at radius 3 is 2.21 bits per heavy atom. The van der Waals surface area contributed by atoms with E-state index in [0.717, 1.165) is 24.3 Å². The summed E-state index contributed by atoms with van der Waals surface area (Å²) in [4.78, 5) is 12.4. The fraction of sp³-hybridized carbons (Fsp3) is 0.0952. The van der Waals surface area contributed by atoms with Gasteiger partial charge in [-0.25, -0.2) is 23.4 Å². The summed E-state index contributed by atoms with van der Waals surface area (Å²) in [6.07, 6.45) is 0.460. The third-order valence-electron chi connectivity index (χ3n) is 4.49. The second-order valence-electron chi connectivity index (χ2n) is 6.96. The van der Waals surface area contributed by atoms with Crippen LogP contribution in [-0.4, -0.2) is 27.9 Å². The number of rotatable bonds is 6. The molecule has 0 radical (unpaired) electrons. The van der Waals surface area contributed by atoms with Crippen LogP contribution in [0.1, 0.15) is 11.4 Å². The Balaban J connectivity index is 1.48. The van der Waals surface area contributed by atoms with Gasteiger partial charge in [0.1, 0.15) is 23.8 Å². The summed E-state index contributed by atoms with van der Waals surface area (Å²) in [7, 11) is -4.05. The van der Waals surface area contributed by atoms with E-state index in [4.69, 9.17) is 0 Å². The van der Waals surface area contributed by atoms with Gasteiger partial charge in [0.2, 0.25) is 0 Å². The summed E-state index contributed by atoms with van der Waals surface area (Å²) in [6.45, 7) is 1.75. The molecule has 0 spiro atoms. The number of alkyl halides is 3. The normalized spacial score (nSPS) is 11.9. The molecule has 2 aromatic carbocycles. The van der Waals surface area contributed by atoms with Crippen LogP contribution in [0.15, 0.2) is 78.2 Å². The number of imidazole rings is 1. The molecule has 33 heavy (non-hydrogen) atoms. The number of halogens is 3. The number of anilines is 3. The minimum absolute atomic E-state index is 0.249. The van der Waals surface area contributed by atoms with E-state index in [0.29, 0.717) is 23.1 Å². The topological polar surface area (TPSA) is 102 Å². The van der Waals surface area contributed by atoms with Crippen molar-refractivity contribution in [3.8, 4) is 5.82 Å². The minimum atomic E-state index is -4.54. The van der Waals surface area contributed by atoms with Crippen molar-refractivity contribution < 1.29 is 21.6 Å². The van der Waals surface area contributed by atoms with Gasteiger partial charge in [-0.3, -0.25) is 9.29 Å². The van der Waals surface area contributed by atoms with Gasteiger partial charge in [0.15, 0.2) is 0 Å². The van der Waals surface area contributed by atoms with Crippen LogP contribution in [-0.2, 0) is 16.2 Å². The second-order valence-corrected chi connectivity index (χ2v) is 8.64. The van der Waals surface area contributed by atoms with Crippen LogP contribution in [0.4, 0.5) is 30.4 Å². The van der Waals surface area contributed by atoms with E-state index in [-0.39, 0.29) is 10.6 Å². The van der Waals surface area contributed by atoms with Crippen LogP contribution in [0.25, 0.3) is 5.82 Å². The van der Waals surface area contributed by atoms with Gasteiger partial charge in [-0.05, 0) is 55.5 Å². The summed E-state index contributed by atoms with van der Waals surface area (Å²) in [5.74, 6) is 1.71. The second kappa shape index (κ2) is 8.54. The van der Waals surface area contributed by atoms with Crippen LogP contribution in [0.2, 0.25) is 0 Å². The molecule has 12 heteroatoms. The highest BCUT2D eigenvalue weighted by Gasteiger charge is 2.30. The fourth-order valence-corrected chi connectivity index (χ4v) is 4.01. The molecule has 0 aliphatic rings. The Morgan fingerprint density at radius 1 is 0.939 bits per heavy atom. The van der Waals surface area contributed by atoms with Gasteiger partial charge >= 0.3 is 6.18 Å². The zero-order chi connectivity index (χ0) is 23.6. The Morgan fingerprint density at radius 2 is 1.61 bits per heavy atom. The quantitative estimate of drug-likeness (QED) is 0.426. The zero-order valence-corrected chi connectivity index (χ0v) is 17.9.